The summed E-state index contributed by atoms with van der Waals surface area (Å²) in [6.07, 6.45) is 5.03. The van der Waals surface area contributed by atoms with Gasteiger partial charge in [-0.3, -0.25) is 4.79 Å². The molecule has 1 fully saturated rings. The maximum atomic E-state index is 11.3. The Morgan fingerprint density at radius 3 is 2.89 bits per heavy atom. The minimum atomic E-state index is -0.509. The van der Waals surface area contributed by atoms with Crippen LogP contribution < -0.4 is 5.32 Å². The molecule has 1 aromatic heterocycles. The molecule has 2 rings (SSSR count). The molecule has 0 bridgehead atoms. The lowest BCUT2D eigenvalue weighted by molar-refractivity contribution is -0.143. The van der Waals surface area contributed by atoms with Crippen molar-refractivity contribution >= 4 is 45.2 Å². The molecule has 1 amide bonds. The summed E-state index contributed by atoms with van der Waals surface area (Å²) in [5.74, 6) is -0.747. The summed E-state index contributed by atoms with van der Waals surface area (Å²) in [4.78, 5) is 23.5. The van der Waals surface area contributed by atoms with Gasteiger partial charge in [0.25, 0.3) is 5.91 Å². The van der Waals surface area contributed by atoms with E-state index in [9.17, 15) is 9.59 Å². The third-order valence-corrected chi connectivity index (χ3v) is 3.85. The van der Waals surface area contributed by atoms with E-state index in [0.717, 1.165) is 21.5 Å². The number of carbonyl (C=O) groups is 2. The zero-order chi connectivity index (χ0) is 13.0. The SMILES string of the molecule is O=C(COC(=O)/C=C/c1ccc(Br)s1)NC1CC1. The predicted octanol–water partition coefficient (Wildman–Crippen LogP) is 2.35. The van der Waals surface area contributed by atoms with Gasteiger partial charge in [0.1, 0.15) is 0 Å². The maximum Gasteiger partial charge on any atom is 0.331 e. The molecule has 1 aliphatic rings. The van der Waals surface area contributed by atoms with Gasteiger partial charge in [-0.15, -0.1) is 11.3 Å². The number of halogens is 1. The number of rotatable bonds is 5. The van der Waals surface area contributed by atoms with Crippen molar-refractivity contribution in [2.24, 2.45) is 0 Å². The minimum Gasteiger partial charge on any atom is -0.452 e. The van der Waals surface area contributed by atoms with Gasteiger partial charge in [-0.25, -0.2) is 4.79 Å². The Morgan fingerprint density at radius 2 is 2.28 bits per heavy atom. The van der Waals surface area contributed by atoms with Crippen molar-refractivity contribution in [1.29, 1.82) is 0 Å². The van der Waals surface area contributed by atoms with E-state index in [1.54, 1.807) is 6.08 Å². The molecule has 0 unspecified atom stereocenters. The molecule has 1 aliphatic carbocycles. The van der Waals surface area contributed by atoms with E-state index < -0.39 is 5.97 Å². The van der Waals surface area contributed by atoms with E-state index in [0.29, 0.717) is 0 Å². The van der Waals surface area contributed by atoms with Crippen LogP contribution in [0.15, 0.2) is 22.0 Å². The fraction of sp³-hybridized carbons (Fsp3) is 0.333. The minimum absolute atomic E-state index is 0.214. The molecule has 1 N–H and O–H groups in total. The molecule has 1 saturated carbocycles. The van der Waals surface area contributed by atoms with Gasteiger partial charge >= 0.3 is 5.97 Å². The van der Waals surface area contributed by atoms with Crippen LogP contribution in [0, 0.1) is 0 Å². The number of carbonyl (C=O) groups excluding carboxylic acids is 2. The first kappa shape index (κ1) is 13.3. The van der Waals surface area contributed by atoms with Crippen LogP contribution >= 0.6 is 27.3 Å². The van der Waals surface area contributed by atoms with Crippen LogP contribution in [0.3, 0.4) is 0 Å². The van der Waals surface area contributed by atoms with Gasteiger partial charge in [0.15, 0.2) is 6.61 Å². The van der Waals surface area contributed by atoms with E-state index in [1.807, 2.05) is 12.1 Å². The van der Waals surface area contributed by atoms with Gasteiger partial charge in [-0.2, -0.15) is 0 Å². The summed E-state index contributed by atoms with van der Waals surface area (Å²) >= 11 is 4.85. The average molecular weight is 330 g/mol. The molecule has 0 saturated heterocycles. The zero-order valence-corrected chi connectivity index (χ0v) is 11.9. The number of nitrogens with one attached hydrogen (secondary N) is 1. The first-order valence-corrected chi connectivity index (χ1v) is 7.14. The summed E-state index contributed by atoms with van der Waals surface area (Å²) in [7, 11) is 0. The van der Waals surface area contributed by atoms with Crippen molar-refractivity contribution in [3.05, 3.63) is 26.9 Å². The molecular formula is C12H12BrNO3S. The highest BCUT2D eigenvalue weighted by Crippen LogP contribution is 2.23. The van der Waals surface area contributed by atoms with Gasteiger partial charge in [0, 0.05) is 17.0 Å². The maximum absolute atomic E-state index is 11.3. The van der Waals surface area contributed by atoms with E-state index in [1.165, 1.54) is 17.4 Å². The molecular weight excluding hydrogens is 318 g/mol. The fourth-order valence-corrected chi connectivity index (χ4v) is 2.58. The molecule has 0 radical (unpaired) electrons. The Balaban J connectivity index is 1.70. The summed E-state index contributed by atoms with van der Waals surface area (Å²) in [5.41, 5.74) is 0. The lowest BCUT2D eigenvalue weighted by Gasteiger charge is -2.02. The first-order chi connectivity index (χ1) is 8.63. The third kappa shape index (κ3) is 4.62. The number of hydrogen-bond donors (Lipinski definition) is 1. The van der Waals surface area contributed by atoms with Crippen LogP contribution in [0.4, 0.5) is 0 Å². The van der Waals surface area contributed by atoms with Crippen molar-refractivity contribution in [3.8, 4) is 0 Å². The van der Waals surface area contributed by atoms with Crippen LogP contribution in [0.2, 0.25) is 0 Å². The smallest absolute Gasteiger partial charge is 0.331 e. The van der Waals surface area contributed by atoms with E-state index in [2.05, 4.69) is 21.2 Å². The van der Waals surface area contributed by atoms with Crippen LogP contribution in [0.1, 0.15) is 17.7 Å². The Morgan fingerprint density at radius 1 is 1.50 bits per heavy atom. The van der Waals surface area contributed by atoms with Crippen molar-refractivity contribution in [2.75, 3.05) is 6.61 Å². The number of esters is 1. The lowest BCUT2D eigenvalue weighted by atomic mass is 10.4. The highest BCUT2D eigenvalue weighted by molar-refractivity contribution is 9.11. The van der Waals surface area contributed by atoms with Crippen LogP contribution in [0.25, 0.3) is 6.08 Å². The summed E-state index contributed by atoms with van der Waals surface area (Å²) < 4.78 is 5.82. The Bertz CT molecular complexity index is 479. The highest BCUT2D eigenvalue weighted by atomic mass is 79.9. The lowest BCUT2D eigenvalue weighted by Crippen LogP contribution is -2.30. The molecule has 0 aliphatic heterocycles. The molecule has 0 aromatic carbocycles. The fourth-order valence-electron chi connectivity index (χ4n) is 1.25. The topological polar surface area (TPSA) is 55.4 Å². The normalized spacial score (nSPS) is 14.7. The molecule has 0 spiro atoms. The van der Waals surface area contributed by atoms with Crippen molar-refractivity contribution in [3.63, 3.8) is 0 Å². The number of ether oxygens (including phenoxy) is 1. The first-order valence-electron chi connectivity index (χ1n) is 5.53. The average Bonchev–Trinajstić information content (AvgIpc) is 3.04. The predicted molar refractivity (Wildman–Crippen MR) is 73.2 cm³/mol. The second-order valence-corrected chi connectivity index (χ2v) is 6.42. The number of hydrogen-bond acceptors (Lipinski definition) is 4. The molecule has 6 heteroatoms. The van der Waals surface area contributed by atoms with Gasteiger partial charge < -0.3 is 10.1 Å². The molecule has 4 nitrogen and oxygen atoms in total. The summed E-state index contributed by atoms with van der Waals surface area (Å²) in [6, 6.07) is 4.08. The van der Waals surface area contributed by atoms with Crippen LogP contribution in [-0.4, -0.2) is 24.5 Å². The standard InChI is InChI=1S/C12H12BrNO3S/c13-10-5-3-9(18-10)4-6-12(16)17-7-11(15)14-8-1-2-8/h3-6,8H,1-2,7H2,(H,14,15)/b6-4+. The monoisotopic (exact) mass is 329 g/mol. The molecule has 1 heterocycles. The summed E-state index contributed by atoms with van der Waals surface area (Å²) in [6.45, 7) is -0.214. The molecule has 18 heavy (non-hydrogen) atoms. The third-order valence-electron chi connectivity index (χ3n) is 2.27. The molecule has 0 atom stereocenters. The molecule has 1 aromatic rings. The van der Waals surface area contributed by atoms with Crippen molar-refractivity contribution in [1.82, 2.24) is 5.32 Å². The molecule has 96 valence electrons. The number of thiophene rings is 1. The van der Waals surface area contributed by atoms with Crippen LogP contribution in [0.5, 0.6) is 0 Å². The number of amides is 1. The largest absolute Gasteiger partial charge is 0.452 e. The van der Waals surface area contributed by atoms with Crippen molar-refractivity contribution < 1.29 is 14.3 Å². The van der Waals surface area contributed by atoms with Gasteiger partial charge in [-0.1, -0.05) is 0 Å². The van der Waals surface area contributed by atoms with Crippen LogP contribution in [-0.2, 0) is 14.3 Å². The van der Waals surface area contributed by atoms with Gasteiger partial charge in [0.05, 0.1) is 3.79 Å². The highest BCUT2D eigenvalue weighted by Gasteiger charge is 2.23. The zero-order valence-electron chi connectivity index (χ0n) is 9.52. The second-order valence-electron chi connectivity index (χ2n) is 3.92. The Kier molecular flexibility index (Phi) is 4.54. The van der Waals surface area contributed by atoms with Gasteiger partial charge in [-0.05, 0) is 47.0 Å². The van der Waals surface area contributed by atoms with Gasteiger partial charge in [0.2, 0.25) is 0 Å². The Labute approximate surface area is 117 Å². The second kappa shape index (κ2) is 6.15. The Hall–Kier alpha value is -1.14. The van der Waals surface area contributed by atoms with E-state index in [-0.39, 0.29) is 18.6 Å². The van der Waals surface area contributed by atoms with E-state index in [4.69, 9.17) is 4.74 Å². The van der Waals surface area contributed by atoms with Crippen molar-refractivity contribution in [2.45, 2.75) is 18.9 Å². The quantitative estimate of drug-likeness (QED) is 0.666. The van der Waals surface area contributed by atoms with E-state index >= 15 is 0 Å². The summed E-state index contributed by atoms with van der Waals surface area (Å²) in [5, 5.41) is 2.74.